The first-order valence-corrected chi connectivity index (χ1v) is 10.3. The maximum Gasteiger partial charge on any atom is 0.328 e. The number of carbonyl (C=O) groups is 2. The number of nitro groups is 1. The van der Waals surface area contributed by atoms with Gasteiger partial charge in [0.15, 0.2) is 9.84 Å². The molecule has 0 bridgehead atoms. The van der Waals surface area contributed by atoms with Crippen molar-refractivity contribution in [3.8, 4) is 0 Å². The largest absolute Gasteiger partial charge is 0.467 e. The Kier molecular flexibility index (Phi) is 7.43. The summed E-state index contributed by atoms with van der Waals surface area (Å²) in [6.45, 7) is 0. The van der Waals surface area contributed by atoms with Gasteiger partial charge in [0.05, 0.1) is 29.1 Å². The highest BCUT2D eigenvalue weighted by Crippen LogP contribution is 2.15. The van der Waals surface area contributed by atoms with E-state index in [9.17, 15) is 28.1 Å². The lowest BCUT2D eigenvalue weighted by Gasteiger charge is -2.16. The normalized spacial score (nSPS) is 12.0. The molecule has 0 unspecified atom stereocenters. The molecule has 29 heavy (non-hydrogen) atoms. The van der Waals surface area contributed by atoms with Crippen molar-refractivity contribution in [3.63, 3.8) is 0 Å². The second-order valence-electron chi connectivity index (χ2n) is 6.17. The van der Waals surface area contributed by atoms with E-state index in [4.69, 9.17) is 0 Å². The van der Waals surface area contributed by atoms with Crippen LogP contribution in [0.25, 0.3) is 0 Å². The molecule has 0 fully saturated rings. The number of sulfone groups is 1. The summed E-state index contributed by atoms with van der Waals surface area (Å²) in [4.78, 5) is 34.6. The van der Waals surface area contributed by atoms with Crippen LogP contribution in [0.2, 0.25) is 0 Å². The summed E-state index contributed by atoms with van der Waals surface area (Å²) in [5, 5.41) is 13.3. The van der Waals surface area contributed by atoms with E-state index in [1.54, 1.807) is 24.3 Å². The van der Waals surface area contributed by atoms with E-state index in [2.05, 4.69) is 10.1 Å². The number of amides is 1. The molecule has 154 valence electrons. The van der Waals surface area contributed by atoms with E-state index >= 15 is 0 Å². The topological polar surface area (TPSA) is 133 Å². The maximum atomic E-state index is 12.4. The molecule has 0 spiro atoms. The summed E-state index contributed by atoms with van der Waals surface area (Å²) < 4.78 is 29.4. The van der Waals surface area contributed by atoms with Crippen molar-refractivity contribution in [2.24, 2.45) is 0 Å². The monoisotopic (exact) mass is 420 g/mol. The zero-order valence-electron chi connectivity index (χ0n) is 15.6. The molecule has 0 saturated heterocycles. The third-order valence-electron chi connectivity index (χ3n) is 4.08. The second kappa shape index (κ2) is 9.78. The zero-order chi connectivity index (χ0) is 21.4. The molecular weight excluding hydrogens is 400 g/mol. The number of hydrogen-bond donors (Lipinski definition) is 1. The summed E-state index contributed by atoms with van der Waals surface area (Å²) in [6.07, 6.45) is -0.384. The van der Waals surface area contributed by atoms with Gasteiger partial charge in [-0.25, -0.2) is 13.2 Å². The van der Waals surface area contributed by atoms with Crippen LogP contribution in [0, 0.1) is 10.1 Å². The summed E-state index contributed by atoms with van der Waals surface area (Å²) in [6, 6.07) is 12.1. The number of carbonyl (C=O) groups excluding carboxylic acids is 2. The van der Waals surface area contributed by atoms with Crippen LogP contribution in [-0.4, -0.2) is 44.1 Å². The van der Waals surface area contributed by atoms with E-state index in [0.29, 0.717) is 5.56 Å². The first-order valence-electron chi connectivity index (χ1n) is 8.61. The van der Waals surface area contributed by atoms with Crippen LogP contribution in [0.3, 0.4) is 0 Å². The number of nitrogens with zero attached hydrogens (tertiary/aromatic N) is 1. The number of ether oxygens (including phenoxy) is 1. The fourth-order valence-electron chi connectivity index (χ4n) is 2.62. The Morgan fingerprint density at radius 1 is 1.14 bits per heavy atom. The average Bonchev–Trinajstić information content (AvgIpc) is 2.71. The summed E-state index contributed by atoms with van der Waals surface area (Å²) in [5.41, 5.74) is 0.228. The third-order valence-corrected chi connectivity index (χ3v) is 5.85. The maximum absolute atomic E-state index is 12.4. The van der Waals surface area contributed by atoms with Crippen molar-refractivity contribution in [2.45, 2.75) is 23.8 Å². The molecule has 0 heterocycles. The first-order chi connectivity index (χ1) is 13.7. The van der Waals surface area contributed by atoms with E-state index in [-0.39, 0.29) is 29.2 Å². The van der Waals surface area contributed by atoms with E-state index in [1.165, 1.54) is 30.3 Å². The molecule has 1 atom stereocenters. The van der Waals surface area contributed by atoms with E-state index in [0.717, 1.165) is 7.11 Å². The lowest BCUT2D eigenvalue weighted by Crippen LogP contribution is -2.43. The van der Waals surface area contributed by atoms with Gasteiger partial charge in [0.25, 0.3) is 5.69 Å². The highest BCUT2D eigenvalue weighted by Gasteiger charge is 2.25. The number of esters is 1. The van der Waals surface area contributed by atoms with Crippen LogP contribution in [0.15, 0.2) is 59.5 Å². The molecule has 2 aromatic rings. The Morgan fingerprint density at radius 2 is 1.83 bits per heavy atom. The van der Waals surface area contributed by atoms with Crippen LogP contribution in [0.5, 0.6) is 0 Å². The van der Waals surface area contributed by atoms with Gasteiger partial charge in [0.2, 0.25) is 5.91 Å². The predicted octanol–water partition coefficient (Wildman–Crippen LogP) is 1.66. The molecule has 0 aliphatic rings. The van der Waals surface area contributed by atoms with Crippen molar-refractivity contribution in [1.82, 2.24) is 5.32 Å². The molecule has 1 N–H and O–H groups in total. The average molecular weight is 420 g/mol. The van der Waals surface area contributed by atoms with Crippen molar-refractivity contribution >= 4 is 27.4 Å². The Labute approximate surface area is 167 Å². The van der Waals surface area contributed by atoms with Gasteiger partial charge in [-0.2, -0.15) is 0 Å². The van der Waals surface area contributed by atoms with Crippen LogP contribution < -0.4 is 5.32 Å². The number of rotatable bonds is 9. The molecule has 10 heteroatoms. The lowest BCUT2D eigenvalue weighted by atomic mass is 10.1. The smallest absolute Gasteiger partial charge is 0.328 e. The highest BCUT2D eigenvalue weighted by molar-refractivity contribution is 7.91. The van der Waals surface area contributed by atoms with Gasteiger partial charge in [-0.05, 0) is 24.1 Å². The number of nitro benzene ring substituents is 1. The molecule has 0 aromatic heterocycles. The van der Waals surface area contributed by atoms with Crippen LogP contribution >= 0.6 is 0 Å². The Hall–Kier alpha value is -3.27. The number of nitrogens with one attached hydrogen (secondary N) is 1. The lowest BCUT2D eigenvalue weighted by molar-refractivity contribution is -0.384. The number of methoxy groups -OCH3 is 1. The SMILES string of the molecule is COC(=O)[C@@H](CCS(=O)(=O)c1ccccc1)NC(=O)Cc1cccc([N+](=O)[O-])c1. The Bertz CT molecular complexity index is 991. The standard InChI is InChI=1S/C19H20N2O7S/c1-28-19(23)17(10-11-29(26,27)16-8-3-2-4-9-16)20-18(22)13-14-6-5-7-15(12-14)21(24)25/h2-9,12,17H,10-11,13H2,1H3,(H,20,22)/t17-/m1/s1. The first kappa shape index (κ1) is 22.0. The molecule has 0 aliphatic carbocycles. The highest BCUT2D eigenvalue weighted by atomic mass is 32.2. The molecule has 0 radical (unpaired) electrons. The second-order valence-corrected chi connectivity index (χ2v) is 8.28. The number of benzene rings is 2. The van der Waals surface area contributed by atoms with Gasteiger partial charge in [-0.15, -0.1) is 0 Å². The quantitative estimate of drug-likeness (QED) is 0.370. The van der Waals surface area contributed by atoms with Crippen LogP contribution in [-0.2, 0) is 30.6 Å². The van der Waals surface area contributed by atoms with Crippen molar-refractivity contribution in [1.29, 1.82) is 0 Å². The molecule has 0 saturated carbocycles. The van der Waals surface area contributed by atoms with E-state index < -0.39 is 32.7 Å². The van der Waals surface area contributed by atoms with E-state index in [1.807, 2.05) is 0 Å². The van der Waals surface area contributed by atoms with Gasteiger partial charge in [-0.1, -0.05) is 30.3 Å². The summed E-state index contributed by atoms with van der Waals surface area (Å²) in [7, 11) is -2.51. The minimum absolute atomic E-state index is 0.117. The minimum atomic E-state index is -3.64. The Balaban J connectivity index is 2.05. The molecular formula is C19H20N2O7S. The number of non-ortho nitro benzene ring substituents is 1. The third kappa shape index (κ3) is 6.39. The minimum Gasteiger partial charge on any atom is -0.467 e. The number of hydrogen-bond acceptors (Lipinski definition) is 7. The van der Waals surface area contributed by atoms with Gasteiger partial charge in [-0.3, -0.25) is 14.9 Å². The van der Waals surface area contributed by atoms with Gasteiger partial charge < -0.3 is 10.1 Å². The summed E-state index contributed by atoms with van der Waals surface area (Å²) in [5.74, 6) is -1.73. The van der Waals surface area contributed by atoms with Gasteiger partial charge in [0, 0.05) is 12.1 Å². The van der Waals surface area contributed by atoms with Gasteiger partial charge >= 0.3 is 5.97 Å². The molecule has 1 amide bonds. The molecule has 2 rings (SSSR count). The predicted molar refractivity (Wildman–Crippen MR) is 104 cm³/mol. The van der Waals surface area contributed by atoms with Gasteiger partial charge in [0.1, 0.15) is 6.04 Å². The fourth-order valence-corrected chi connectivity index (χ4v) is 3.97. The Morgan fingerprint density at radius 3 is 2.45 bits per heavy atom. The fraction of sp³-hybridized carbons (Fsp3) is 0.263. The molecule has 2 aromatic carbocycles. The molecule has 9 nitrogen and oxygen atoms in total. The summed E-state index contributed by atoms with van der Waals surface area (Å²) >= 11 is 0. The van der Waals surface area contributed by atoms with Crippen molar-refractivity contribution in [2.75, 3.05) is 12.9 Å². The van der Waals surface area contributed by atoms with Crippen molar-refractivity contribution in [3.05, 3.63) is 70.3 Å². The van der Waals surface area contributed by atoms with Crippen LogP contribution in [0.4, 0.5) is 5.69 Å². The van der Waals surface area contributed by atoms with Crippen molar-refractivity contribution < 1.29 is 27.7 Å². The zero-order valence-corrected chi connectivity index (χ0v) is 16.4. The van der Waals surface area contributed by atoms with Crippen LogP contribution in [0.1, 0.15) is 12.0 Å². The molecule has 0 aliphatic heterocycles.